The molecule has 1 aromatic heterocycles. The molecule has 6 heteroatoms. The van der Waals surface area contributed by atoms with Gasteiger partial charge in [0.1, 0.15) is 6.10 Å². The summed E-state index contributed by atoms with van der Waals surface area (Å²) in [5, 5.41) is 20.7. The van der Waals surface area contributed by atoms with E-state index in [1.54, 1.807) is 7.05 Å². The van der Waals surface area contributed by atoms with E-state index >= 15 is 0 Å². The van der Waals surface area contributed by atoms with Gasteiger partial charge in [-0.15, -0.1) is 5.10 Å². The maximum absolute atomic E-state index is 9.85. The molecular weight excluding hydrogens is 172 g/mol. The Bertz CT molecular complexity index is 282. The van der Waals surface area contributed by atoms with Crippen molar-refractivity contribution in [3.8, 4) is 0 Å². The van der Waals surface area contributed by atoms with Gasteiger partial charge in [0.15, 0.2) is 5.82 Å². The van der Waals surface area contributed by atoms with Gasteiger partial charge in [-0.3, -0.25) is 0 Å². The minimum absolute atomic E-state index is 0.129. The number of hydrogen-bond donors (Lipinski definition) is 1. The molecule has 2 heterocycles. The van der Waals surface area contributed by atoms with E-state index in [1.807, 2.05) is 0 Å². The Labute approximate surface area is 75.5 Å². The van der Waals surface area contributed by atoms with E-state index in [0.717, 1.165) is 6.42 Å². The smallest absolute Gasteiger partial charge is 0.180 e. The number of aliphatic hydroxyl groups is 1. The Hall–Kier alpha value is -1.01. The van der Waals surface area contributed by atoms with Crippen molar-refractivity contribution in [2.75, 3.05) is 13.2 Å². The third kappa shape index (κ3) is 1.54. The van der Waals surface area contributed by atoms with E-state index < -0.39 is 6.10 Å². The number of aliphatic hydroxyl groups excluding tert-OH is 1. The summed E-state index contributed by atoms with van der Waals surface area (Å²) in [7, 11) is 1.72. The quantitative estimate of drug-likeness (QED) is 0.656. The topological polar surface area (TPSA) is 73.1 Å². The fourth-order valence-corrected chi connectivity index (χ4v) is 1.50. The standard InChI is InChI=1S/C7H12N4O2/c1-11-7(8-9-10-11)6(12)5-2-3-13-4-5/h5-6,12H,2-4H2,1H3. The van der Waals surface area contributed by atoms with Gasteiger partial charge in [0.05, 0.1) is 6.61 Å². The molecule has 0 spiro atoms. The predicted molar refractivity (Wildman–Crippen MR) is 42.7 cm³/mol. The van der Waals surface area contributed by atoms with Gasteiger partial charge in [-0.25, -0.2) is 4.68 Å². The highest BCUT2D eigenvalue weighted by atomic mass is 16.5. The summed E-state index contributed by atoms with van der Waals surface area (Å²) in [4.78, 5) is 0. The average Bonchev–Trinajstić information content (AvgIpc) is 2.72. The van der Waals surface area contributed by atoms with E-state index in [0.29, 0.717) is 19.0 Å². The lowest BCUT2D eigenvalue weighted by Gasteiger charge is -2.13. The number of ether oxygens (including phenoxy) is 1. The zero-order valence-electron chi connectivity index (χ0n) is 7.42. The minimum Gasteiger partial charge on any atom is -0.385 e. The fourth-order valence-electron chi connectivity index (χ4n) is 1.50. The largest absolute Gasteiger partial charge is 0.385 e. The third-order valence-corrected chi connectivity index (χ3v) is 2.33. The van der Waals surface area contributed by atoms with Gasteiger partial charge in [0.25, 0.3) is 0 Å². The van der Waals surface area contributed by atoms with Gasteiger partial charge in [0, 0.05) is 19.6 Å². The van der Waals surface area contributed by atoms with Crippen molar-refractivity contribution in [2.24, 2.45) is 13.0 Å². The Morgan fingerprint density at radius 3 is 3.08 bits per heavy atom. The summed E-state index contributed by atoms with van der Waals surface area (Å²) in [6.07, 6.45) is 0.260. The van der Waals surface area contributed by atoms with E-state index in [9.17, 15) is 5.11 Å². The van der Waals surface area contributed by atoms with Crippen LogP contribution < -0.4 is 0 Å². The van der Waals surface area contributed by atoms with Crippen LogP contribution >= 0.6 is 0 Å². The first-order chi connectivity index (χ1) is 6.29. The first kappa shape index (κ1) is 8.58. The van der Waals surface area contributed by atoms with Crippen molar-refractivity contribution in [3.05, 3.63) is 5.82 Å². The molecule has 2 atom stereocenters. The van der Waals surface area contributed by atoms with Crippen LogP contribution in [0.5, 0.6) is 0 Å². The molecule has 0 radical (unpaired) electrons. The molecule has 6 nitrogen and oxygen atoms in total. The Morgan fingerprint density at radius 2 is 2.54 bits per heavy atom. The van der Waals surface area contributed by atoms with Crippen LogP contribution in [0.4, 0.5) is 0 Å². The average molecular weight is 184 g/mol. The molecule has 0 saturated carbocycles. The molecular formula is C7H12N4O2. The maximum Gasteiger partial charge on any atom is 0.180 e. The molecule has 1 aliphatic rings. The van der Waals surface area contributed by atoms with Crippen molar-refractivity contribution < 1.29 is 9.84 Å². The molecule has 0 aliphatic carbocycles. The van der Waals surface area contributed by atoms with Crippen molar-refractivity contribution in [3.63, 3.8) is 0 Å². The molecule has 1 aromatic rings. The third-order valence-electron chi connectivity index (χ3n) is 2.33. The zero-order valence-corrected chi connectivity index (χ0v) is 7.42. The first-order valence-corrected chi connectivity index (χ1v) is 4.27. The summed E-state index contributed by atoms with van der Waals surface area (Å²) in [5.41, 5.74) is 0. The van der Waals surface area contributed by atoms with E-state index in [4.69, 9.17) is 4.74 Å². The summed E-state index contributed by atoms with van der Waals surface area (Å²) in [6, 6.07) is 0. The van der Waals surface area contributed by atoms with Crippen LogP contribution in [0.25, 0.3) is 0 Å². The van der Waals surface area contributed by atoms with Crippen molar-refractivity contribution in [2.45, 2.75) is 12.5 Å². The highest BCUT2D eigenvalue weighted by Crippen LogP contribution is 2.26. The molecule has 1 saturated heterocycles. The number of nitrogens with zero attached hydrogens (tertiary/aromatic N) is 4. The summed E-state index contributed by atoms with van der Waals surface area (Å²) >= 11 is 0. The normalized spacial score (nSPS) is 24.9. The van der Waals surface area contributed by atoms with Crippen LogP contribution in [0.3, 0.4) is 0 Å². The molecule has 1 fully saturated rings. The van der Waals surface area contributed by atoms with Crippen molar-refractivity contribution >= 4 is 0 Å². The summed E-state index contributed by atoms with van der Waals surface area (Å²) in [5.74, 6) is 0.639. The molecule has 72 valence electrons. The Morgan fingerprint density at radius 1 is 1.69 bits per heavy atom. The lowest BCUT2D eigenvalue weighted by molar-refractivity contribution is 0.0818. The van der Waals surface area contributed by atoms with Gasteiger partial charge in [0.2, 0.25) is 0 Å². The van der Waals surface area contributed by atoms with Crippen molar-refractivity contribution in [1.29, 1.82) is 0 Å². The maximum atomic E-state index is 9.85. The second-order valence-electron chi connectivity index (χ2n) is 3.23. The number of aryl methyl sites for hydroxylation is 1. The van der Waals surface area contributed by atoms with E-state index in [2.05, 4.69) is 15.5 Å². The number of rotatable bonds is 2. The lowest BCUT2D eigenvalue weighted by Crippen LogP contribution is -2.16. The molecule has 1 aliphatic heterocycles. The number of aromatic nitrogens is 4. The SMILES string of the molecule is Cn1nnnc1C(O)C1CCOC1. The second-order valence-corrected chi connectivity index (χ2v) is 3.23. The van der Waals surface area contributed by atoms with Gasteiger partial charge in [-0.1, -0.05) is 0 Å². The van der Waals surface area contributed by atoms with Gasteiger partial charge >= 0.3 is 0 Å². The Kier molecular flexibility index (Phi) is 2.24. The van der Waals surface area contributed by atoms with Crippen LogP contribution in [-0.4, -0.2) is 38.5 Å². The molecule has 2 unspecified atom stereocenters. The zero-order chi connectivity index (χ0) is 9.26. The first-order valence-electron chi connectivity index (χ1n) is 4.27. The summed E-state index contributed by atoms with van der Waals surface area (Å²) < 4.78 is 6.67. The van der Waals surface area contributed by atoms with Gasteiger partial charge in [-0.05, 0) is 16.8 Å². The number of hydrogen-bond acceptors (Lipinski definition) is 5. The highest BCUT2D eigenvalue weighted by Gasteiger charge is 2.28. The van der Waals surface area contributed by atoms with Crippen LogP contribution in [0.2, 0.25) is 0 Å². The minimum atomic E-state index is -0.609. The fraction of sp³-hybridized carbons (Fsp3) is 0.857. The van der Waals surface area contributed by atoms with Gasteiger partial charge in [-0.2, -0.15) is 0 Å². The van der Waals surface area contributed by atoms with Crippen LogP contribution in [0.15, 0.2) is 0 Å². The highest BCUT2D eigenvalue weighted by molar-refractivity contribution is 4.91. The monoisotopic (exact) mass is 184 g/mol. The van der Waals surface area contributed by atoms with E-state index in [1.165, 1.54) is 4.68 Å². The Balaban J connectivity index is 2.12. The molecule has 0 amide bonds. The van der Waals surface area contributed by atoms with Gasteiger partial charge < -0.3 is 9.84 Å². The molecule has 2 rings (SSSR count). The predicted octanol–water partition coefficient (Wildman–Crippen LogP) is -0.720. The summed E-state index contributed by atoms with van der Waals surface area (Å²) in [6.45, 7) is 1.31. The number of tetrazole rings is 1. The van der Waals surface area contributed by atoms with Crippen LogP contribution in [0, 0.1) is 5.92 Å². The van der Waals surface area contributed by atoms with Crippen LogP contribution in [-0.2, 0) is 11.8 Å². The molecule has 0 aromatic carbocycles. The van der Waals surface area contributed by atoms with Crippen LogP contribution in [0.1, 0.15) is 18.3 Å². The second kappa shape index (κ2) is 3.39. The molecule has 1 N–H and O–H groups in total. The van der Waals surface area contributed by atoms with Crippen molar-refractivity contribution in [1.82, 2.24) is 20.2 Å². The molecule has 13 heavy (non-hydrogen) atoms. The molecule has 0 bridgehead atoms. The lowest BCUT2D eigenvalue weighted by atomic mass is 10.0. The van der Waals surface area contributed by atoms with E-state index in [-0.39, 0.29) is 5.92 Å².